The summed E-state index contributed by atoms with van der Waals surface area (Å²) in [6.45, 7) is 8.17. The van der Waals surface area contributed by atoms with Crippen molar-refractivity contribution in [1.82, 2.24) is 5.32 Å². The van der Waals surface area contributed by atoms with E-state index in [0.29, 0.717) is 26.4 Å². The Labute approximate surface area is 90.6 Å². The van der Waals surface area contributed by atoms with Crippen LogP contribution in [0.4, 0.5) is 0 Å². The summed E-state index contributed by atoms with van der Waals surface area (Å²) >= 11 is 0. The first-order valence-electron chi connectivity index (χ1n) is 5.32. The number of carbonyl (C=O) groups is 1. The van der Waals surface area contributed by atoms with E-state index in [2.05, 4.69) is 11.9 Å². The molecule has 0 radical (unpaired) electrons. The summed E-state index contributed by atoms with van der Waals surface area (Å²) in [5.74, 6) is -0.154. The summed E-state index contributed by atoms with van der Waals surface area (Å²) in [5.41, 5.74) is -0.487. The van der Waals surface area contributed by atoms with Crippen molar-refractivity contribution in [2.75, 3.05) is 32.9 Å². The maximum atomic E-state index is 11.8. The second-order valence-electron chi connectivity index (χ2n) is 3.73. The Bertz CT molecular complexity index is 222. The minimum absolute atomic E-state index is 0.154. The SMILES string of the molecule is C=CCOCC1(C(=O)OCC)CCNC1. The predicted molar refractivity (Wildman–Crippen MR) is 57.6 cm³/mol. The van der Waals surface area contributed by atoms with Crippen molar-refractivity contribution in [3.63, 3.8) is 0 Å². The van der Waals surface area contributed by atoms with E-state index in [0.717, 1.165) is 13.0 Å². The average Bonchev–Trinajstić information content (AvgIpc) is 2.69. The molecule has 0 amide bonds. The van der Waals surface area contributed by atoms with E-state index in [1.165, 1.54) is 0 Å². The molecule has 1 heterocycles. The number of carbonyl (C=O) groups excluding carboxylic acids is 1. The van der Waals surface area contributed by atoms with Crippen LogP contribution in [0.3, 0.4) is 0 Å². The van der Waals surface area contributed by atoms with E-state index < -0.39 is 5.41 Å². The smallest absolute Gasteiger partial charge is 0.315 e. The van der Waals surface area contributed by atoms with E-state index in [-0.39, 0.29) is 5.97 Å². The standard InChI is InChI=1S/C11H19NO3/c1-3-7-14-9-11(5-6-12-8-11)10(13)15-4-2/h3,12H,1,4-9H2,2H3. The summed E-state index contributed by atoms with van der Waals surface area (Å²) in [5, 5.41) is 3.17. The summed E-state index contributed by atoms with van der Waals surface area (Å²) in [7, 11) is 0. The van der Waals surface area contributed by atoms with Gasteiger partial charge in [0.15, 0.2) is 0 Å². The molecule has 1 saturated heterocycles. The molecule has 4 heteroatoms. The zero-order valence-electron chi connectivity index (χ0n) is 9.25. The van der Waals surface area contributed by atoms with Gasteiger partial charge < -0.3 is 14.8 Å². The van der Waals surface area contributed by atoms with Gasteiger partial charge in [0.2, 0.25) is 0 Å². The topological polar surface area (TPSA) is 47.6 Å². The Hall–Kier alpha value is -0.870. The molecule has 0 spiro atoms. The van der Waals surface area contributed by atoms with Crippen molar-refractivity contribution in [1.29, 1.82) is 0 Å². The van der Waals surface area contributed by atoms with Crippen molar-refractivity contribution < 1.29 is 14.3 Å². The summed E-state index contributed by atoms with van der Waals surface area (Å²) in [4.78, 5) is 11.8. The van der Waals surface area contributed by atoms with Gasteiger partial charge in [0.1, 0.15) is 5.41 Å². The molecule has 0 saturated carbocycles. The van der Waals surface area contributed by atoms with Gasteiger partial charge in [-0.25, -0.2) is 0 Å². The molecular formula is C11H19NO3. The maximum Gasteiger partial charge on any atom is 0.315 e. The average molecular weight is 213 g/mol. The van der Waals surface area contributed by atoms with Crippen LogP contribution in [-0.2, 0) is 14.3 Å². The lowest BCUT2D eigenvalue weighted by Crippen LogP contribution is -2.39. The van der Waals surface area contributed by atoms with Gasteiger partial charge in [0.25, 0.3) is 0 Å². The molecule has 0 aliphatic carbocycles. The zero-order chi connectivity index (χ0) is 11.1. The minimum Gasteiger partial charge on any atom is -0.465 e. The predicted octanol–water partition coefficient (Wildman–Crippen LogP) is 0.732. The Morgan fingerprint density at radius 3 is 3.00 bits per heavy atom. The highest BCUT2D eigenvalue weighted by Crippen LogP contribution is 2.27. The van der Waals surface area contributed by atoms with Gasteiger partial charge in [-0.2, -0.15) is 0 Å². The largest absolute Gasteiger partial charge is 0.465 e. The van der Waals surface area contributed by atoms with Crippen LogP contribution in [0.2, 0.25) is 0 Å². The molecule has 1 aliphatic rings. The zero-order valence-corrected chi connectivity index (χ0v) is 9.25. The number of hydrogen-bond acceptors (Lipinski definition) is 4. The van der Waals surface area contributed by atoms with Crippen LogP contribution in [0.5, 0.6) is 0 Å². The third-order valence-corrected chi connectivity index (χ3v) is 2.57. The molecule has 1 rings (SSSR count). The van der Waals surface area contributed by atoms with Crippen LogP contribution in [-0.4, -0.2) is 38.9 Å². The lowest BCUT2D eigenvalue weighted by Gasteiger charge is -2.25. The van der Waals surface area contributed by atoms with Gasteiger partial charge in [0, 0.05) is 6.54 Å². The maximum absolute atomic E-state index is 11.8. The highest BCUT2D eigenvalue weighted by Gasteiger charge is 2.42. The van der Waals surface area contributed by atoms with E-state index in [4.69, 9.17) is 9.47 Å². The number of ether oxygens (including phenoxy) is 2. The quantitative estimate of drug-likeness (QED) is 0.401. The van der Waals surface area contributed by atoms with Crippen molar-refractivity contribution in [3.05, 3.63) is 12.7 Å². The van der Waals surface area contributed by atoms with Gasteiger partial charge in [0.05, 0.1) is 19.8 Å². The summed E-state index contributed by atoms with van der Waals surface area (Å²) in [6, 6.07) is 0. The van der Waals surface area contributed by atoms with Gasteiger partial charge in [-0.3, -0.25) is 4.79 Å². The molecule has 0 bridgehead atoms. The number of esters is 1. The van der Waals surface area contributed by atoms with Crippen molar-refractivity contribution in [2.45, 2.75) is 13.3 Å². The first-order valence-corrected chi connectivity index (χ1v) is 5.32. The fourth-order valence-electron chi connectivity index (χ4n) is 1.72. The molecule has 15 heavy (non-hydrogen) atoms. The molecule has 0 aromatic carbocycles. The van der Waals surface area contributed by atoms with Crippen molar-refractivity contribution in [2.24, 2.45) is 5.41 Å². The lowest BCUT2D eigenvalue weighted by molar-refractivity contribution is -0.157. The van der Waals surface area contributed by atoms with Crippen LogP contribution in [0.1, 0.15) is 13.3 Å². The van der Waals surface area contributed by atoms with E-state index in [9.17, 15) is 4.79 Å². The minimum atomic E-state index is -0.487. The Morgan fingerprint density at radius 2 is 2.47 bits per heavy atom. The van der Waals surface area contributed by atoms with Gasteiger partial charge >= 0.3 is 5.97 Å². The molecule has 1 aliphatic heterocycles. The van der Waals surface area contributed by atoms with Crippen LogP contribution in [0.15, 0.2) is 12.7 Å². The molecular weight excluding hydrogens is 194 g/mol. The molecule has 86 valence electrons. The fraction of sp³-hybridized carbons (Fsp3) is 0.727. The van der Waals surface area contributed by atoms with Crippen LogP contribution in [0.25, 0.3) is 0 Å². The normalized spacial score (nSPS) is 25.1. The van der Waals surface area contributed by atoms with Crippen molar-refractivity contribution >= 4 is 5.97 Å². The first-order chi connectivity index (χ1) is 7.25. The Kier molecular flexibility index (Phi) is 4.78. The second kappa shape index (κ2) is 5.88. The summed E-state index contributed by atoms with van der Waals surface area (Å²) in [6.07, 6.45) is 2.46. The lowest BCUT2D eigenvalue weighted by atomic mass is 9.88. The van der Waals surface area contributed by atoms with E-state index >= 15 is 0 Å². The molecule has 1 atom stereocenters. The first kappa shape index (κ1) is 12.2. The Morgan fingerprint density at radius 1 is 1.67 bits per heavy atom. The van der Waals surface area contributed by atoms with E-state index in [1.54, 1.807) is 6.08 Å². The second-order valence-corrected chi connectivity index (χ2v) is 3.73. The number of rotatable bonds is 6. The molecule has 0 aromatic heterocycles. The number of nitrogens with one attached hydrogen (secondary N) is 1. The van der Waals surface area contributed by atoms with Gasteiger partial charge in [-0.15, -0.1) is 6.58 Å². The Balaban J connectivity index is 2.53. The van der Waals surface area contributed by atoms with Crippen LogP contribution in [0, 0.1) is 5.41 Å². The monoisotopic (exact) mass is 213 g/mol. The van der Waals surface area contributed by atoms with Crippen molar-refractivity contribution in [3.8, 4) is 0 Å². The third-order valence-electron chi connectivity index (χ3n) is 2.57. The fourth-order valence-corrected chi connectivity index (χ4v) is 1.72. The van der Waals surface area contributed by atoms with E-state index in [1.807, 2.05) is 6.92 Å². The molecule has 1 N–H and O–H groups in total. The molecule has 4 nitrogen and oxygen atoms in total. The highest BCUT2D eigenvalue weighted by molar-refractivity contribution is 5.77. The number of hydrogen-bond donors (Lipinski definition) is 1. The third kappa shape index (κ3) is 3.04. The van der Waals surface area contributed by atoms with Crippen LogP contribution < -0.4 is 5.32 Å². The molecule has 1 fully saturated rings. The highest BCUT2D eigenvalue weighted by atomic mass is 16.5. The van der Waals surface area contributed by atoms with Gasteiger partial charge in [-0.05, 0) is 19.9 Å². The molecule has 1 unspecified atom stereocenters. The van der Waals surface area contributed by atoms with Crippen LogP contribution >= 0.6 is 0 Å². The molecule has 0 aromatic rings. The van der Waals surface area contributed by atoms with Gasteiger partial charge in [-0.1, -0.05) is 6.08 Å². The summed E-state index contributed by atoms with van der Waals surface area (Å²) < 4.78 is 10.5.